The fourth-order valence-electron chi connectivity index (χ4n) is 1.41. The van der Waals surface area contributed by atoms with Crippen molar-refractivity contribution in [2.75, 3.05) is 11.5 Å². The number of thioether (sulfide) groups is 1. The number of rotatable bonds is 8. The monoisotopic (exact) mass is 241 g/mol. The van der Waals surface area contributed by atoms with Crippen molar-refractivity contribution in [3.8, 4) is 0 Å². The SMILES string of the molecule is CCSCCCn1cc(CNC(C)C)cn1. The van der Waals surface area contributed by atoms with E-state index < -0.39 is 0 Å². The molecule has 92 valence electrons. The van der Waals surface area contributed by atoms with Crippen molar-refractivity contribution >= 4 is 11.8 Å². The molecule has 3 nitrogen and oxygen atoms in total. The minimum absolute atomic E-state index is 0.532. The average Bonchev–Trinajstić information content (AvgIpc) is 2.70. The van der Waals surface area contributed by atoms with Gasteiger partial charge in [0.25, 0.3) is 0 Å². The highest BCUT2D eigenvalue weighted by molar-refractivity contribution is 7.99. The molecule has 0 aromatic carbocycles. The van der Waals surface area contributed by atoms with Crippen LogP contribution in [-0.4, -0.2) is 27.3 Å². The fourth-order valence-corrected chi connectivity index (χ4v) is 2.04. The number of hydrogen-bond acceptors (Lipinski definition) is 3. The molecule has 0 aliphatic heterocycles. The molecule has 0 aliphatic carbocycles. The van der Waals surface area contributed by atoms with Crippen LogP contribution in [0.25, 0.3) is 0 Å². The lowest BCUT2D eigenvalue weighted by molar-refractivity contribution is 0.584. The zero-order chi connectivity index (χ0) is 11.8. The second-order valence-corrected chi connectivity index (χ2v) is 5.59. The molecule has 0 atom stereocenters. The third-order valence-electron chi connectivity index (χ3n) is 2.28. The minimum atomic E-state index is 0.532. The van der Waals surface area contributed by atoms with E-state index in [0.717, 1.165) is 13.1 Å². The van der Waals surface area contributed by atoms with Gasteiger partial charge in [-0.05, 0) is 17.9 Å². The Kier molecular flexibility index (Phi) is 6.57. The van der Waals surface area contributed by atoms with Gasteiger partial charge in [-0.3, -0.25) is 4.68 Å². The molecule has 0 saturated carbocycles. The average molecular weight is 241 g/mol. The second kappa shape index (κ2) is 7.74. The van der Waals surface area contributed by atoms with Gasteiger partial charge in [-0.15, -0.1) is 0 Å². The molecule has 4 heteroatoms. The molecule has 1 aromatic rings. The third kappa shape index (κ3) is 5.56. The van der Waals surface area contributed by atoms with E-state index in [1.165, 1.54) is 23.5 Å². The first kappa shape index (κ1) is 13.6. The number of nitrogens with zero attached hydrogens (tertiary/aromatic N) is 2. The molecular weight excluding hydrogens is 218 g/mol. The molecule has 0 aliphatic rings. The summed E-state index contributed by atoms with van der Waals surface area (Å²) in [6, 6.07) is 0.532. The Labute approximate surface area is 103 Å². The van der Waals surface area contributed by atoms with Crippen molar-refractivity contribution in [2.24, 2.45) is 0 Å². The molecule has 0 bridgehead atoms. The number of hydrogen-bond donors (Lipinski definition) is 1. The minimum Gasteiger partial charge on any atom is -0.310 e. The van der Waals surface area contributed by atoms with Crippen LogP contribution < -0.4 is 5.32 Å². The topological polar surface area (TPSA) is 29.9 Å². The van der Waals surface area contributed by atoms with Crippen molar-refractivity contribution < 1.29 is 0 Å². The Balaban J connectivity index is 2.22. The first-order chi connectivity index (χ1) is 7.72. The van der Waals surface area contributed by atoms with Crippen molar-refractivity contribution in [3.63, 3.8) is 0 Å². The summed E-state index contributed by atoms with van der Waals surface area (Å²) in [4.78, 5) is 0. The summed E-state index contributed by atoms with van der Waals surface area (Å²) in [5.41, 5.74) is 1.27. The van der Waals surface area contributed by atoms with Crippen molar-refractivity contribution in [2.45, 2.75) is 46.3 Å². The van der Waals surface area contributed by atoms with Crippen LogP contribution in [0.3, 0.4) is 0 Å². The number of aromatic nitrogens is 2. The molecule has 0 radical (unpaired) electrons. The molecule has 1 N–H and O–H groups in total. The van der Waals surface area contributed by atoms with E-state index in [9.17, 15) is 0 Å². The van der Waals surface area contributed by atoms with Crippen molar-refractivity contribution in [3.05, 3.63) is 18.0 Å². The summed E-state index contributed by atoms with van der Waals surface area (Å²) in [6.45, 7) is 8.48. The standard InChI is InChI=1S/C12H23N3S/c1-4-16-7-5-6-15-10-12(9-14-15)8-13-11(2)3/h9-11,13H,4-8H2,1-3H3. The molecule has 0 unspecified atom stereocenters. The molecule has 0 saturated heterocycles. The van der Waals surface area contributed by atoms with Crippen molar-refractivity contribution in [1.29, 1.82) is 0 Å². The van der Waals surface area contributed by atoms with E-state index >= 15 is 0 Å². The van der Waals surface area contributed by atoms with E-state index in [4.69, 9.17) is 0 Å². The van der Waals surface area contributed by atoms with Gasteiger partial charge in [0.2, 0.25) is 0 Å². The first-order valence-electron chi connectivity index (χ1n) is 6.04. The van der Waals surface area contributed by atoms with Gasteiger partial charge in [0.1, 0.15) is 0 Å². The summed E-state index contributed by atoms with van der Waals surface area (Å²) in [7, 11) is 0. The first-order valence-corrected chi connectivity index (χ1v) is 7.20. The van der Waals surface area contributed by atoms with Crippen LogP contribution in [0, 0.1) is 0 Å². The van der Waals surface area contributed by atoms with Crippen LogP contribution in [0.4, 0.5) is 0 Å². The largest absolute Gasteiger partial charge is 0.310 e. The molecule has 1 rings (SSSR count). The number of nitrogens with one attached hydrogen (secondary N) is 1. The van der Waals surface area contributed by atoms with Gasteiger partial charge in [0.05, 0.1) is 6.20 Å². The maximum atomic E-state index is 4.36. The van der Waals surface area contributed by atoms with Crippen LogP contribution in [0.15, 0.2) is 12.4 Å². The zero-order valence-corrected chi connectivity index (χ0v) is 11.4. The summed E-state index contributed by atoms with van der Waals surface area (Å²) in [5.74, 6) is 2.44. The molecule has 0 amide bonds. The van der Waals surface area contributed by atoms with Crippen LogP contribution in [0.1, 0.15) is 32.8 Å². The smallest absolute Gasteiger partial charge is 0.0534 e. The quantitative estimate of drug-likeness (QED) is 0.709. The maximum absolute atomic E-state index is 4.36. The van der Waals surface area contributed by atoms with Gasteiger partial charge in [0.15, 0.2) is 0 Å². The van der Waals surface area contributed by atoms with Gasteiger partial charge in [-0.1, -0.05) is 20.8 Å². The van der Waals surface area contributed by atoms with E-state index in [0.29, 0.717) is 6.04 Å². The molecule has 0 spiro atoms. The summed E-state index contributed by atoms with van der Waals surface area (Å²) in [6.07, 6.45) is 5.31. The number of aryl methyl sites for hydroxylation is 1. The Morgan fingerprint density at radius 1 is 1.50 bits per heavy atom. The Morgan fingerprint density at radius 2 is 2.31 bits per heavy atom. The highest BCUT2D eigenvalue weighted by Gasteiger charge is 1.99. The summed E-state index contributed by atoms with van der Waals surface area (Å²) in [5, 5.41) is 7.75. The van der Waals surface area contributed by atoms with Gasteiger partial charge >= 0.3 is 0 Å². The highest BCUT2D eigenvalue weighted by atomic mass is 32.2. The fraction of sp³-hybridized carbons (Fsp3) is 0.750. The lowest BCUT2D eigenvalue weighted by atomic mass is 10.3. The lowest BCUT2D eigenvalue weighted by Gasteiger charge is -2.05. The van der Waals surface area contributed by atoms with E-state index in [2.05, 4.69) is 37.4 Å². The zero-order valence-electron chi connectivity index (χ0n) is 10.6. The van der Waals surface area contributed by atoms with Crippen molar-refractivity contribution in [1.82, 2.24) is 15.1 Å². The Hall–Kier alpha value is -0.480. The van der Waals surface area contributed by atoms with Crippen LogP contribution in [0.5, 0.6) is 0 Å². The molecule has 1 heterocycles. The predicted octanol–water partition coefficient (Wildman–Crippen LogP) is 2.52. The van der Waals surface area contributed by atoms with Gasteiger partial charge in [-0.25, -0.2) is 0 Å². The van der Waals surface area contributed by atoms with Gasteiger partial charge in [0, 0.05) is 30.9 Å². The van der Waals surface area contributed by atoms with Gasteiger partial charge in [-0.2, -0.15) is 16.9 Å². The molecular formula is C12H23N3S. The normalized spacial score (nSPS) is 11.2. The lowest BCUT2D eigenvalue weighted by Crippen LogP contribution is -2.21. The summed E-state index contributed by atoms with van der Waals surface area (Å²) >= 11 is 1.99. The van der Waals surface area contributed by atoms with E-state index in [1.807, 2.05) is 22.6 Å². The van der Waals surface area contributed by atoms with Crippen LogP contribution >= 0.6 is 11.8 Å². The Bertz CT molecular complexity index is 284. The molecule has 1 aromatic heterocycles. The molecule has 16 heavy (non-hydrogen) atoms. The maximum Gasteiger partial charge on any atom is 0.0534 e. The van der Waals surface area contributed by atoms with E-state index in [1.54, 1.807) is 0 Å². The molecule has 0 fully saturated rings. The summed E-state index contributed by atoms with van der Waals surface area (Å²) < 4.78 is 2.05. The van der Waals surface area contributed by atoms with E-state index in [-0.39, 0.29) is 0 Å². The predicted molar refractivity (Wildman–Crippen MR) is 71.8 cm³/mol. The highest BCUT2D eigenvalue weighted by Crippen LogP contribution is 2.04. The second-order valence-electron chi connectivity index (χ2n) is 4.20. The Morgan fingerprint density at radius 3 is 3.00 bits per heavy atom. The van der Waals surface area contributed by atoms with Crippen LogP contribution in [-0.2, 0) is 13.1 Å². The van der Waals surface area contributed by atoms with Gasteiger partial charge < -0.3 is 5.32 Å². The third-order valence-corrected chi connectivity index (χ3v) is 3.27. The van der Waals surface area contributed by atoms with Crippen LogP contribution in [0.2, 0.25) is 0 Å².